The maximum atomic E-state index is 9.43. The van der Waals surface area contributed by atoms with Crippen molar-refractivity contribution in [1.29, 1.82) is 0 Å². The molecule has 1 fully saturated rings. The van der Waals surface area contributed by atoms with Gasteiger partial charge >= 0.3 is 0 Å². The number of halogens is 3. The Morgan fingerprint density at radius 1 is 1.25 bits per heavy atom. The van der Waals surface area contributed by atoms with Crippen molar-refractivity contribution in [3.8, 4) is 0 Å². The molecular weight excluding hydrogens is 319 g/mol. The van der Waals surface area contributed by atoms with Crippen LogP contribution < -0.4 is 4.90 Å². The molecule has 1 aliphatic heterocycles. The van der Waals surface area contributed by atoms with Crippen molar-refractivity contribution in [3.05, 3.63) is 33.3 Å². The van der Waals surface area contributed by atoms with Crippen LogP contribution >= 0.6 is 34.8 Å². The van der Waals surface area contributed by atoms with E-state index in [1.165, 1.54) is 0 Å². The summed E-state index contributed by atoms with van der Waals surface area (Å²) in [6.07, 6.45) is 1.99. The number of aliphatic hydroxyl groups is 1. The summed E-state index contributed by atoms with van der Waals surface area (Å²) in [4.78, 5) is 6.66. The molecule has 6 heteroatoms. The summed E-state index contributed by atoms with van der Waals surface area (Å²) in [7, 11) is 0. The minimum absolute atomic E-state index is 0.0916. The van der Waals surface area contributed by atoms with Crippen molar-refractivity contribution in [1.82, 2.24) is 4.98 Å². The fraction of sp³-hybridized carbons (Fsp3) is 0.357. The van der Waals surface area contributed by atoms with Gasteiger partial charge in [-0.1, -0.05) is 34.8 Å². The van der Waals surface area contributed by atoms with Crippen LogP contribution in [0, 0.1) is 0 Å². The van der Waals surface area contributed by atoms with Crippen LogP contribution in [0.3, 0.4) is 0 Å². The van der Waals surface area contributed by atoms with Crippen molar-refractivity contribution in [3.63, 3.8) is 0 Å². The van der Waals surface area contributed by atoms with E-state index in [1.807, 2.05) is 12.1 Å². The third-order valence-corrected chi connectivity index (χ3v) is 4.80. The number of nitrogens with zero attached hydrogens (tertiary/aromatic N) is 2. The minimum atomic E-state index is 0.0916. The van der Waals surface area contributed by atoms with Gasteiger partial charge in [-0.2, -0.15) is 0 Å². The van der Waals surface area contributed by atoms with Crippen molar-refractivity contribution in [2.75, 3.05) is 18.1 Å². The largest absolute Gasteiger partial charge is 0.394 e. The molecule has 1 aromatic heterocycles. The summed E-state index contributed by atoms with van der Waals surface area (Å²) in [5.74, 6) is 0.739. The summed E-state index contributed by atoms with van der Waals surface area (Å²) in [5.41, 5.74) is 0.602. The highest BCUT2D eigenvalue weighted by Crippen LogP contribution is 2.36. The second-order valence-electron chi connectivity index (χ2n) is 4.89. The van der Waals surface area contributed by atoms with Crippen molar-refractivity contribution in [2.24, 2.45) is 0 Å². The van der Waals surface area contributed by atoms with Crippen molar-refractivity contribution in [2.45, 2.75) is 18.9 Å². The molecule has 1 unspecified atom stereocenters. The second-order valence-corrected chi connectivity index (χ2v) is 6.08. The number of anilines is 1. The first kappa shape index (κ1) is 14.2. The van der Waals surface area contributed by atoms with Gasteiger partial charge in [0.2, 0.25) is 0 Å². The van der Waals surface area contributed by atoms with Gasteiger partial charge in [-0.3, -0.25) is 0 Å². The number of benzene rings is 1. The molecule has 0 spiro atoms. The Kier molecular flexibility index (Phi) is 3.95. The topological polar surface area (TPSA) is 36.4 Å². The summed E-state index contributed by atoms with van der Waals surface area (Å²) >= 11 is 18.6. The van der Waals surface area contributed by atoms with Crippen molar-refractivity contribution >= 4 is 51.5 Å². The molecule has 0 bridgehead atoms. The molecule has 1 aliphatic rings. The first-order chi connectivity index (χ1) is 9.61. The van der Waals surface area contributed by atoms with Crippen LogP contribution in [0.5, 0.6) is 0 Å². The monoisotopic (exact) mass is 330 g/mol. The lowest BCUT2D eigenvalue weighted by Gasteiger charge is -2.24. The molecule has 3 rings (SSSR count). The van der Waals surface area contributed by atoms with E-state index in [0.717, 1.165) is 30.6 Å². The number of aromatic nitrogens is 1. The molecule has 2 heterocycles. The van der Waals surface area contributed by atoms with Gasteiger partial charge in [0, 0.05) is 11.9 Å². The third-order valence-electron chi connectivity index (χ3n) is 3.69. The van der Waals surface area contributed by atoms with Crippen LogP contribution in [0.4, 0.5) is 5.82 Å². The molecule has 0 aliphatic carbocycles. The Hall–Kier alpha value is -0.740. The molecule has 1 saturated heterocycles. The Balaban J connectivity index is 2.16. The molecule has 1 atom stereocenters. The Labute approximate surface area is 132 Å². The SMILES string of the molecule is OCC1CCCN1c1cc(Cl)c2ccc(Cl)c(Cl)c2n1. The molecular formula is C14H13Cl3N2O. The molecule has 3 nitrogen and oxygen atoms in total. The van der Waals surface area contributed by atoms with E-state index in [1.54, 1.807) is 6.07 Å². The molecule has 0 amide bonds. The summed E-state index contributed by atoms with van der Waals surface area (Å²) in [6, 6.07) is 5.44. The van der Waals surface area contributed by atoms with Gasteiger partial charge in [-0.15, -0.1) is 0 Å². The summed E-state index contributed by atoms with van der Waals surface area (Å²) in [6.45, 7) is 0.971. The van der Waals surface area contributed by atoms with Gasteiger partial charge in [0.05, 0.1) is 33.2 Å². The zero-order chi connectivity index (χ0) is 14.3. The highest BCUT2D eigenvalue weighted by Gasteiger charge is 2.25. The molecule has 0 saturated carbocycles. The Morgan fingerprint density at radius 3 is 2.80 bits per heavy atom. The van der Waals surface area contributed by atoms with Crippen molar-refractivity contribution < 1.29 is 5.11 Å². The number of rotatable bonds is 2. The van der Waals surface area contributed by atoms with Gasteiger partial charge in [0.15, 0.2) is 0 Å². The molecule has 2 aromatic rings. The molecule has 1 aromatic carbocycles. The Morgan fingerprint density at radius 2 is 2.05 bits per heavy atom. The highest BCUT2D eigenvalue weighted by atomic mass is 35.5. The standard InChI is InChI=1S/C14H13Cl3N2O/c15-10-4-3-9-11(16)6-12(18-14(9)13(10)17)19-5-1-2-8(19)7-20/h3-4,6,8,20H,1-2,5,7H2. The zero-order valence-electron chi connectivity index (χ0n) is 10.6. The fourth-order valence-corrected chi connectivity index (χ4v) is 3.26. The normalized spacial score (nSPS) is 19.0. The molecule has 20 heavy (non-hydrogen) atoms. The molecule has 1 N–H and O–H groups in total. The first-order valence-corrected chi connectivity index (χ1v) is 7.57. The summed E-state index contributed by atoms with van der Waals surface area (Å²) in [5, 5.41) is 11.7. The van der Waals surface area contributed by atoms with Crippen LogP contribution in [0.25, 0.3) is 10.9 Å². The average Bonchev–Trinajstić information content (AvgIpc) is 2.91. The molecule has 106 valence electrons. The lowest BCUT2D eigenvalue weighted by molar-refractivity contribution is 0.266. The van der Waals surface area contributed by atoms with E-state index in [-0.39, 0.29) is 12.6 Å². The number of aliphatic hydroxyl groups excluding tert-OH is 1. The quantitative estimate of drug-likeness (QED) is 0.898. The summed E-state index contributed by atoms with van der Waals surface area (Å²) < 4.78 is 0. The third kappa shape index (κ3) is 2.33. The Bertz CT molecular complexity index is 662. The number of fused-ring (bicyclic) bond motifs is 1. The number of pyridine rings is 1. The van der Waals surface area contributed by atoms with Gasteiger partial charge in [-0.05, 0) is 31.0 Å². The maximum Gasteiger partial charge on any atom is 0.131 e. The van der Waals surface area contributed by atoms with E-state index in [9.17, 15) is 5.11 Å². The lowest BCUT2D eigenvalue weighted by atomic mass is 10.2. The van der Waals surface area contributed by atoms with Crippen LogP contribution in [-0.4, -0.2) is 29.3 Å². The van der Waals surface area contributed by atoms with Crippen LogP contribution in [0.15, 0.2) is 18.2 Å². The first-order valence-electron chi connectivity index (χ1n) is 6.43. The van der Waals surface area contributed by atoms with Gasteiger partial charge in [-0.25, -0.2) is 4.98 Å². The van der Waals surface area contributed by atoms with E-state index < -0.39 is 0 Å². The fourth-order valence-electron chi connectivity index (χ4n) is 2.65. The van der Waals surface area contributed by atoms with E-state index >= 15 is 0 Å². The van der Waals surface area contributed by atoms with Crippen LogP contribution in [-0.2, 0) is 0 Å². The molecule has 0 radical (unpaired) electrons. The van der Waals surface area contributed by atoms with Crippen LogP contribution in [0.1, 0.15) is 12.8 Å². The number of hydrogen-bond acceptors (Lipinski definition) is 3. The predicted molar refractivity (Wildman–Crippen MR) is 84.2 cm³/mol. The van der Waals surface area contributed by atoms with E-state index in [0.29, 0.717) is 20.6 Å². The second kappa shape index (κ2) is 5.57. The highest BCUT2D eigenvalue weighted by molar-refractivity contribution is 6.46. The minimum Gasteiger partial charge on any atom is -0.394 e. The van der Waals surface area contributed by atoms with Gasteiger partial charge in [0.1, 0.15) is 5.82 Å². The average molecular weight is 332 g/mol. The smallest absolute Gasteiger partial charge is 0.131 e. The van der Waals surface area contributed by atoms with Gasteiger partial charge < -0.3 is 10.0 Å². The lowest BCUT2D eigenvalue weighted by Crippen LogP contribution is -2.32. The maximum absolute atomic E-state index is 9.43. The zero-order valence-corrected chi connectivity index (χ0v) is 12.9. The van der Waals surface area contributed by atoms with E-state index in [4.69, 9.17) is 34.8 Å². The van der Waals surface area contributed by atoms with Gasteiger partial charge in [0.25, 0.3) is 0 Å². The van der Waals surface area contributed by atoms with Crippen LogP contribution in [0.2, 0.25) is 15.1 Å². The van der Waals surface area contributed by atoms with E-state index in [2.05, 4.69) is 9.88 Å². The number of hydrogen-bond donors (Lipinski definition) is 1. The predicted octanol–water partition coefficient (Wildman–Crippen LogP) is 4.16.